The summed E-state index contributed by atoms with van der Waals surface area (Å²) in [5.74, 6) is 7.52. The second-order valence-electron chi connectivity index (χ2n) is 4.93. The van der Waals surface area contributed by atoms with E-state index in [0.717, 1.165) is 10.0 Å². The van der Waals surface area contributed by atoms with Crippen LogP contribution in [0.3, 0.4) is 0 Å². The van der Waals surface area contributed by atoms with E-state index in [1.807, 2.05) is 30.3 Å². The average molecular weight is 409 g/mol. The van der Waals surface area contributed by atoms with Gasteiger partial charge in [-0.1, -0.05) is 45.9 Å². The van der Waals surface area contributed by atoms with E-state index in [2.05, 4.69) is 26.1 Å². The third kappa shape index (κ3) is 4.27. The van der Waals surface area contributed by atoms with E-state index < -0.39 is 0 Å². The summed E-state index contributed by atoms with van der Waals surface area (Å²) in [4.78, 5) is 0. The topological polar surface area (TPSA) is 66.0 Å². The molecule has 24 heavy (non-hydrogen) atoms. The molecule has 0 aliphatic carbocycles. The molecule has 0 aliphatic heterocycles. The van der Waals surface area contributed by atoms with Gasteiger partial charge in [0.05, 0.1) is 0 Å². The number of ether oxygens (including phenoxy) is 1. The summed E-state index contributed by atoms with van der Waals surface area (Å²) in [7, 11) is 0. The molecule has 1 aromatic heterocycles. The highest BCUT2D eigenvalue weighted by Crippen LogP contribution is 2.22. The number of hydrogen-bond donors (Lipinski definition) is 1. The molecule has 2 N–H and O–H groups in total. The van der Waals surface area contributed by atoms with Gasteiger partial charge in [-0.25, -0.2) is 9.07 Å². The van der Waals surface area contributed by atoms with Crippen LogP contribution in [-0.4, -0.2) is 14.9 Å². The Labute approximate surface area is 151 Å². The first-order chi connectivity index (χ1) is 11.6. The molecule has 0 unspecified atom stereocenters. The van der Waals surface area contributed by atoms with Crippen molar-refractivity contribution in [2.75, 3.05) is 5.84 Å². The molecular formula is C16H14BrFN4OS. The SMILES string of the molecule is Nn1c(COc2cccc(Br)c2)nnc1SCc1cccc(F)c1. The highest BCUT2D eigenvalue weighted by atomic mass is 79.9. The average Bonchev–Trinajstić information content (AvgIpc) is 2.91. The molecule has 0 bridgehead atoms. The van der Waals surface area contributed by atoms with Crippen LogP contribution in [0.4, 0.5) is 4.39 Å². The van der Waals surface area contributed by atoms with Gasteiger partial charge in [-0.05, 0) is 35.9 Å². The monoisotopic (exact) mass is 408 g/mol. The summed E-state index contributed by atoms with van der Waals surface area (Å²) in [5, 5.41) is 8.64. The van der Waals surface area contributed by atoms with E-state index >= 15 is 0 Å². The highest BCUT2D eigenvalue weighted by Gasteiger charge is 2.11. The van der Waals surface area contributed by atoms with Crippen LogP contribution in [0.25, 0.3) is 0 Å². The summed E-state index contributed by atoms with van der Waals surface area (Å²) < 4.78 is 21.2. The minimum Gasteiger partial charge on any atom is -0.485 e. The normalized spacial score (nSPS) is 10.8. The molecule has 0 radical (unpaired) electrons. The van der Waals surface area contributed by atoms with Crippen LogP contribution < -0.4 is 10.6 Å². The van der Waals surface area contributed by atoms with Gasteiger partial charge in [0.25, 0.3) is 0 Å². The number of aromatic nitrogens is 3. The summed E-state index contributed by atoms with van der Waals surface area (Å²) in [5.41, 5.74) is 0.856. The van der Waals surface area contributed by atoms with Crippen LogP contribution in [0.15, 0.2) is 58.2 Å². The lowest BCUT2D eigenvalue weighted by Gasteiger charge is -2.06. The number of benzene rings is 2. The van der Waals surface area contributed by atoms with Crippen LogP contribution in [-0.2, 0) is 12.4 Å². The summed E-state index contributed by atoms with van der Waals surface area (Å²) in [6.45, 7) is 0.209. The predicted molar refractivity (Wildman–Crippen MR) is 94.6 cm³/mol. The summed E-state index contributed by atoms with van der Waals surface area (Å²) in [6, 6.07) is 13.9. The smallest absolute Gasteiger partial charge is 0.210 e. The van der Waals surface area contributed by atoms with Crippen molar-refractivity contribution in [3.63, 3.8) is 0 Å². The molecule has 0 atom stereocenters. The van der Waals surface area contributed by atoms with Gasteiger partial charge in [0.15, 0.2) is 5.82 Å². The van der Waals surface area contributed by atoms with Gasteiger partial charge in [0.1, 0.15) is 18.2 Å². The van der Waals surface area contributed by atoms with Gasteiger partial charge < -0.3 is 10.6 Å². The molecule has 0 amide bonds. The molecule has 1 heterocycles. The van der Waals surface area contributed by atoms with Crippen molar-refractivity contribution < 1.29 is 9.13 Å². The quantitative estimate of drug-likeness (QED) is 0.496. The second-order valence-corrected chi connectivity index (χ2v) is 6.79. The molecule has 0 spiro atoms. The van der Waals surface area contributed by atoms with E-state index in [1.54, 1.807) is 6.07 Å². The van der Waals surface area contributed by atoms with Crippen molar-refractivity contribution in [2.24, 2.45) is 0 Å². The van der Waals surface area contributed by atoms with Crippen LogP contribution in [0.1, 0.15) is 11.4 Å². The number of nitrogens with zero attached hydrogens (tertiary/aromatic N) is 3. The molecule has 0 aliphatic rings. The molecular weight excluding hydrogens is 395 g/mol. The zero-order chi connectivity index (χ0) is 16.9. The second kappa shape index (κ2) is 7.67. The number of halogens is 2. The molecule has 3 rings (SSSR count). The predicted octanol–water partition coefficient (Wildman–Crippen LogP) is 3.76. The third-order valence-electron chi connectivity index (χ3n) is 3.16. The van der Waals surface area contributed by atoms with Crippen molar-refractivity contribution in [3.8, 4) is 5.75 Å². The maximum atomic E-state index is 13.2. The minimum absolute atomic E-state index is 0.209. The Bertz CT molecular complexity index is 775. The fourth-order valence-electron chi connectivity index (χ4n) is 1.98. The summed E-state index contributed by atoms with van der Waals surface area (Å²) in [6.07, 6.45) is 0. The number of hydrogen-bond acceptors (Lipinski definition) is 5. The van der Waals surface area contributed by atoms with Crippen LogP contribution >= 0.6 is 27.7 Å². The number of thioether (sulfide) groups is 1. The van der Waals surface area contributed by atoms with Crippen molar-refractivity contribution in [3.05, 3.63) is 70.2 Å². The largest absolute Gasteiger partial charge is 0.485 e. The number of rotatable bonds is 6. The Hall–Kier alpha value is -2.06. The summed E-state index contributed by atoms with van der Waals surface area (Å²) >= 11 is 4.78. The van der Waals surface area contributed by atoms with Gasteiger partial charge in [0, 0.05) is 10.2 Å². The first-order valence-electron chi connectivity index (χ1n) is 7.07. The standard InChI is InChI=1S/C16H14BrFN4OS/c17-12-4-2-6-14(8-12)23-9-15-20-21-16(22(15)19)24-10-11-3-1-5-13(18)7-11/h1-8H,9-10,19H2. The van der Waals surface area contributed by atoms with Crippen LogP contribution in [0, 0.1) is 5.82 Å². The third-order valence-corrected chi connectivity index (χ3v) is 4.66. The lowest BCUT2D eigenvalue weighted by Crippen LogP contribution is -2.15. The Morgan fingerprint density at radius 1 is 1.17 bits per heavy atom. The van der Waals surface area contributed by atoms with E-state index in [-0.39, 0.29) is 12.4 Å². The maximum absolute atomic E-state index is 13.2. The zero-order valence-corrected chi connectivity index (χ0v) is 14.9. The molecule has 5 nitrogen and oxygen atoms in total. The van der Waals surface area contributed by atoms with Gasteiger partial charge >= 0.3 is 0 Å². The number of nitrogen functional groups attached to an aromatic ring is 1. The van der Waals surface area contributed by atoms with Crippen molar-refractivity contribution in [1.82, 2.24) is 14.9 Å². The molecule has 3 aromatic rings. The first-order valence-corrected chi connectivity index (χ1v) is 8.84. The molecule has 2 aromatic carbocycles. The van der Waals surface area contributed by atoms with Crippen molar-refractivity contribution in [1.29, 1.82) is 0 Å². The Kier molecular flexibility index (Phi) is 5.37. The fourth-order valence-corrected chi connectivity index (χ4v) is 3.18. The zero-order valence-electron chi connectivity index (χ0n) is 12.5. The van der Waals surface area contributed by atoms with E-state index in [1.165, 1.54) is 28.6 Å². The first kappa shape index (κ1) is 16.8. The lowest BCUT2D eigenvalue weighted by molar-refractivity contribution is 0.291. The van der Waals surface area contributed by atoms with E-state index in [0.29, 0.717) is 22.5 Å². The molecule has 124 valence electrons. The maximum Gasteiger partial charge on any atom is 0.210 e. The van der Waals surface area contributed by atoms with Gasteiger partial charge in [-0.2, -0.15) is 0 Å². The Morgan fingerprint density at radius 2 is 2.00 bits per heavy atom. The lowest BCUT2D eigenvalue weighted by atomic mass is 10.2. The van der Waals surface area contributed by atoms with Gasteiger partial charge in [-0.3, -0.25) is 0 Å². The Balaban J connectivity index is 1.61. The van der Waals surface area contributed by atoms with Gasteiger partial charge in [0.2, 0.25) is 5.16 Å². The molecule has 0 fully saturated rings. The fraction of sp³-hybridized carbons (Fsp3) is 0.125. The van der Waals surface area contributed by atoms with Crippen LogP contribution in [0.2, 0.25) is 0 Å². The van der Waals surface area contributed by atoms with Crippen LogP contribution in [0.5, 0.6) is 5.75 Å². The molecule has 8 heteroatoms. The van der Waals surface area contributed by atoms with E-state index in [4.69, 9.17) is 10.6 Å². The highest BCUT2D eigenvalue weighted by molar-refractivity contribution is 9.10. The van der Waals surface area contributed by atoms with Crippen molar-refractivity contribution >= 4 is 27.7 Å². The molecule has 0 saturated heterocycles. The number of nitrogens with two attached hydrogens (primary N) is 1. The Morgan fingerprint density at radius 3 is 2.79 bits per heavy atom. The van der Waals surface area contributed by atoms with Crippen molar-refractivity contribution in [2.45, 2.75) is 17.5 Å². The molecule has 0 saturated carbocycles. The van der Waals surface area contributed by atoms with Gasteiger partial charge in [-0.15, -0.1) is 10.2 Å². The van der Waals surface area contributed by atoms with E-state index in [9.17, 15) is 4.39 Å². The minimum atomic E-state index is -0.259.